The Balaban J connectivity index is 2.00. The predicted molar refractivity (Wildman–Crippen MR) is 142 cm³/mol. The van der Waals surface area contributed by atoms with Crippen molar-refractivity contribution in [3.05, 3.63) is 71.8 Å². The van der Waals surface area contributed by atoms with E-state index in [1.54, 1.807) is 24.3 Å². The minimum Gasteiger partial charge on any atom is -0.481 e. The average molecular weight is 539 g/mol. The highest BCUT2D eigenvalue weighted by Crippen LogP contribution is 2.12. The van der Waals surface area contributed by atoms with Crippen molar-refractivity contribution in [3.63, 3.8) is 0 Å². The molecule has 10 heteroatoms. The Morgan fingerprint density at radius 1 is 0.538 bits per heavy atom. The molecule has 0 aromatic heterocycles. The maximum Gasteiger partial charge on any atom is 0.303 e. The Bertz CT molecular complexity index is 1040. The lowest BCUT2D eigenvalue weighted by atomic mass is 9.95. The third-order valence-electron chi connectivity index (χ3n) is 5.99. The molecule has 0 aliphatic carbocycles. The number of nitrogens with one attached hydrogen (secondary N) is 2. The maximum absolute atomic E-state index is 13.0. The van der Waals surface area contributed by atoms with Gasteiger partial charge in [0.1, 0.15) is 0 Å². The molecule has 0 fully saturated rings. The zero-order chi connectivity index (χ0) is 28.6. The molecule has 0 saturated carbocycles. The third-order valence-corrected chi connectivity index (χ3v) is 5.99. The highest BCUT2D eigenvalue weighted by Gasteiger charge is 2.24. The number of carboxylic acid groups (broad SMARTS) is 2. The van der Waals surface area contributed by atoms with E-state index in [2.05, 4.69) is 10.6 Å². The van der Waals surface area contributed by atoms with E-state index in [4.69, 9.17) is 10.2 Å². The van der Waals surface area contributed by atoms with Crippen molar-refractivity contribution in [2.75, 3.05) is 0 Å². The Kier molecular flexibility index (Phi) is 13.1. The zero-order valence-corrected chi connectivity index (χ0v) is 21.6. The van der Waals surface area contributed by atoms with Gasteiger partial charge in [0, 0.05) is 25.7 Å². The number of hydrogen-bond acceptors (Lipinski definition) is 6. The van der Waals surface area contributed by atoms with Crippen LogP contribution in [0.2, 0.25) is 0 Å². The highest BCUT2D eigenvalue weighted by molar-refractivity contribution is 5.92. The molecule has 0 bridgehead atoms. The smallest absolute Gasteiger partial charge is 0.303 e. The van der Waals surface area contributed by atoms with Crippen LogP contribution in [0.4, 0.5) is 0 Å². The minimum atomic E-state index is -1.12. The van der Waals surface area contributed by atoms with Gasteiger partial charge in [-0.1, -0.05) is 60.7 Å². The summed E-state index contributed by atoms with van der Waals surface area (Å²) in [7, 11) is 0. The predicted octanol–water partition coefficient (Wildman–Crippen LogP) is 2.48. The first-order chi connectivity index (χ1) is 18.6. The van der Waals surface area contributed by atoms with Gasteiger partial charge in [0.05, 0.1) is 24.9 Å². The Morgan fingerprint density at radius 3 is 1.23 bits per heavy atom. The minimum absolute atomic E-state index is 0.00648. The molecule has 0 spiro atoms. The molecular formula is C29H34N2O8. The van der Waals surface area contributed by atoms with Gasteiger partial charge in [0.25, 0.3) is 0 Å². The van der Waals surface area contributed by atoms with Crippen LogP contribution in [-0.4, -0.2) is 57.6 Å². The highest BCUT2D eigenvalue weighted by atomic mass is 16.4. The molecule has 208 valence electrons. The summed E-state index contributed by atoms with van der Waals surface area (Å²) in [6, 6.07) is 16.4. The van der Waals surface area contributed by atoms with E-state index in [0.717, 1.165) is 11.1 Å². The number of hydrogen-bond donors (Lipinski definition) is 4. The SMILES string of the molecule is O=C(O)CCC(=O)N[C@@H](Cc1ccccc1)C(=O)CCCC(=O)[C@H](Cc1ccccc1)NC(=O)CCC(=O)O. The van der Waals surface area contributed by atoms with Crippen LogP contribution in [-0.2, 0) is 41.6 Å². The van der Waals surface area contributed by atoms with Gasteiger partial charge in [-0.15, -0.1) is 0 Å². The maximum atomic E-state index is 13.0. The Morgan fingerprint density at radius 2 is 0.897 bits per heavy atom. The van der Waals surface area contributed by atoms with E-state index in [0.29, 0.717) is 0 Å². The monoisotopic (exact) mass is 538 g/mol. The van der Waals surface area contributed by atoms with E-state index in [1.807, 2.05) is 36.4 Å². The first-order valence-corrected chi connectivity index (χ1v) is 12.8. The first-order valence-electron chi connectivity index (χ1n) is 12.8. The van der Waals surface area contributed by atoms with Crippen molar-refractivity contribution in [2.45, 2.75) is 69.9 Å². The van der Waals surface area contributed by atoms with Crippen LogP contribution >= 0.6 is 0 Å². The summed E-state index contributed by atoms with van der Waals surface area (Å²) in [5.41, 5.74) is 1.63. The molecule has 0 saturated heterocycles. The van der Waals surface area contributed by atoms with Crippen LogP contribution in [0.25, 0.3) is 0 Å². The van der Waals surface area contributed by atoms with E-state index < -0.39 is 35.8 Å². The van der Waals surface area contributed by atoms with E-state index >= 15 is 0 Å². The van der Waals surface area contributed by atoms with Crippen LogP contribution in [0.3, 0.4) is 0 Å². The van der Waals surface area contributed by atoms with E-state index in [9.17, 15) is 28.8 Å². The summed E-state index contributed by atoms with van der Waals surface area (Å²) in [5.74, 6) is -3.91. The third kappa shape index (κ3) is 12.6. The van der Waals surface area contributed by atoms with Crippen LogP contribution in [0.15, 0.2) is 60.7 Å². The number of rotatable bonds is 18. The fourth-order valence-corrected chi connectivity index (χ4v) is 3.95. The zero-order valence-electron chi connectivity index (χ0n) is 21.6. The number of carboxylic acids is 2. The molecule has 0 aliphatic rings. The van der Waals surface area contributed by atoms with Gasteiger partial charge in [-0.25, -0.2) is 0 Å². The second kappa shape index (κ2) is 16.5. The summed E-state index contributed by atoms with van der Waals surface area (Å²) in [5, 5.41) is 22.9. The van der Waals surface area contributed by atoms with Gasteiger partial charge in [-0.3, -0.25) is 28.8 Å². The molecule has 0 aliphatic heterocycles. The molecule has 0 heterocycles. The van der Waals surface area contributed by atoms with Gasteiger partial charge in [0.15, 0.2) is 11.6 Å². The van der Waals surface area contributed by atoms with Gasteiger partial charge < -0.3 is 20.8 Å². The molecule has 0 unspecified atom stereocenters. The summed E-state index contributed by atoms with van der Waals surface area (Å²) in [6.07, 6.45) is -0.595. The van der Waals surface area contributed by atoms with Crippen molar-refractivity contribution < 1.29 is 39.0 Å². The summed E-state index contributed by atoms with van der Waals surface area (Å²) in [4.78, 5) is 72.1. The topological polar surface area (TPSA) is 167 Å². The largest absolute Gasteiger partial charge is 0.481 e. The number of benzene rings is 2. The van der Waals surface area contributed by atoms with Gasteiger partial charge in [0.2, 0.25) is 11.8 Å². The van der Waals surface area contributed by atoms with Crippen LogP contribution in [0, 0.1) is 0 Å². The molecule has 2 aromatic carbocycles. The van der Waals surface area contributed by atoms with Crippen molar-refractivity contribution >= 4 is 35.3 Å². The van der Waals surface area contributed by atoms with E-state index in [1.165, 1.54) is 0 Å². The molecule has 0 radical (unpaired) electrons. The Hall–Kier alpha value is -4.34. The van der Waals surface area contributed by atoms with Crippen molar-refractivity contribution in [3.8, 4) is 0 Å². The average Bonchev–Trinajstić information content (AvgIpc) is 2.91. The van der Waals surface area contributed by atoms with Gasteiger partial charge in [-0.05, 0) is 30.4 Å². The normalized spacial score (nSPS) is 12.1. The molecular weight excluding hydrogens is 504 g/mol. The standard InChI is InChI=1S/C29H34N2O8/c32-24(22(18-20-8-3-1-4-9-20)30-26(34)14-16-28(36)37)12-7-13-25(33)23(19-21-10-5-2-6-11-21)31-27(35)15-17-29(38)39/h1-6,8-11,22-23H,7,12-19H2,(H,30,34)(H,31,35)(H,36,37)(H,38,39)/t22-,23-/m0/s1. The fourth-order valence-electron chi connectivity index (χ4n) is 3.95. The molecule has 4 N–H and O–H groups in total. The lowest BCUT2D eigenvalue weighted by Gasteiger charge is -2.19. The summed E-state index contributed by atoms with van der Waals surface area (Å²) >= 11 is 0. The second-order valence-electron chi connectivity index (χ2n) is 9.19. The molecule has 2 aromatic rings. The number of carbonyl (C=O) groups excluding carboxylic acids is 4. The molecule has 39 heavy (non-hydrogen) atoms. The summed E-state index contributed by atoms with van der Waals surface area (Å²) in [6.45, 7) is 0. The number of aliphatic carboxylic acids is 2. The van der Waals surface area contributed by atoms with Gasteiger partial charge in [-0.2, -0.15) is 0 Å². The van der Waals surface area contributed by atoms with Crippen LogP contribution in [0.5, 0.6) is 0 Å². The second-order valence-corrected chi connectivity index (χ2v) is 9.19. The Labute approximate surface area is 226 Å². The number of Topliss-reactive ketones (excluding diaryl/α,β-unsaturated/α-hetero) is 2. The lowest BCUT2D eigenvalue weighted by Crippen LogP contribution is -2.43. The van der Waals surface area contributed by atoms with Crippen LogP contribution < -0.4 is 10.6 Å². The quantitative estimate of drug-likeness (QED) is 0.225. The first kappa shape index (κ1) is 30.9. The fraction of sp³-hybridized carbons (Fsp3) is 0.379. The number of amides is 2. The van der Waals surface area contributed by atoms with Gasteiger partial charge >= 0.3 is 11.9 Å². The van der Waals surface area contributed by atoms with Crippen LogP contribution in [0.1, 0.15) is 56.1 Å². The number of carbonyl (C=O) groups is 6. The number of ketones is 2. The van der Waals surface area contributed by atoms with Crippen molar-refractivity contribution in [1.29, 1.82) is 0 Å². The van der Waals surface area contributed by atoms with Crippen molar-refractivity contribution in [2.24, 2.45) is 0 Å². The van der Waals surface area contributed by atoms with Crippen molar-refractivity contribution in [1.82, 2.24) is 10.6 Å². The lowest BCUT2D eigenvalue weighted by molar-refractivity contribution is -0.139. The molecule has 2 amide bonds. The summed E-state index contributed by atoms with van der Waals surface area (Å²) < 4.78 is 0. The molecule has 2 atom stereocenters. The van der Waals surface area contributed by atoms with E-state index in [-0.39, 0.29) is 69.4 Å². The molecule has 2 rings (SSSR count). The molecule has 10 nitrogen and oxygen atoms in total.